The summed E-state index contributed by atoms with van der Waals surface area (Å²) in [6.07, 6.45) is 2.29. The van der Waals surface area contributed by atoms with E-state index in [1.807, 2.05) is 0 Å². The highest BCUT2D eigenvalue weighted by atomic mass is 32.2. The predicted octanol–water partition coefficient (Wildman–Crippen LogP) is 0.645. The van der Waals surface area contributed by atoms with Gasteiger partial charge in [-0.2, -0.15) is 0 Å². The highest BCUT2D eigenvalue weighted by molar-refractivity contribution is 7.91. The van der Waals surface area contributed by atoms with Crippen LogP contribution in [0.15, 0.2) is 0 Å². The molecular weight excluding hydrogens is 264 g/mol. The molecule has 1 aliphatic heterocycles. The van der Waals surface area contributed by atoms with E-state index in [-0.39, 0.29) is 17.4 Å². The number of carbonyl (C=O) groups excluding carboxylic acids is 1. The summed E-state index contributed by atoms with van der Waals surface area (Å²) < 4.78 is 22.6. The zero-order valence-corrected chi connectivity index (χ0v) is 12.8. The van der Waals surface area contributed by atoms with Crippen molar-refractivity contribution in [2.45, 2.75) is 33.1 Å². The van der Waals surface area contributed by atoms with Gasteiger partial charge in [0.05, 0.1) is 11.5 Å². The van der Waals surface area contributed by atoms with Gasteiger partial charge in [-0.1, -0.05) is 13.8 Å². The molecule has 5 nitrogen and oxygen atoms in total. The van der Waals surface area contributed by atoms with Crippen LogP contribution in [0.25, 0.3) is 0 Å². The van der Waals surface area contributed by atoms with Crippen molar-refractivity contribution < 1.29 is 13.2 Å². The van der Waals surface area contributed by atoms with Crippen LogP contribution in [0, 0.1) is 11.8 Å². The lowest BCUT2D eigenvalue weighted by Crippen LogP contribution is -2.43. The molecule has 0 aromatic carbocycles. The van der Waals surface area contributed by atoms with Crippen molar-refractivity contribution in [1.82, 2.24) is 4.90 Å². The molecule has 0 radical (unpaired) electrons. The number of sulfone groups is 1. The fourth-order valence-electron chi connectivity index (χ4n) is 2.45. The Morgan fingerprint density at radius 3 is 2.26 bits per heavy atom. The van der Waals surface area contributed by atoms with Crippen LogP contribution in [0.3, 0.4) is 0 Å². The zero-order chi connectivity index (χ0) is 14.5. The molecule has 112 valence electrons. The molecule has 1 unspecified atom stereocenters. The second-order valence-corrected chi connectivity index (χ2v) is 7.96. The summed E-state index contributed by atoms with van der Waals surface area (Å²) >= 11 is 0. The van der Waals surface area contributed by atoms with Gasteiger partial charge in [0.2, 0.25) is 5.91 Å². The maximum atomic E-state index is 12.0. The van der Waals surface area contributed by atoms with E-state index < -0.39 is 9.84 Å². The van der Waals surface area contributed by atoms with Crippen molar-refractivity contribution in [3.05, 3.63) is 0 Å². The molecule has 0 spiro atoms. The molecule has 1 atom stereocenters. The van der Waals surface area contributed by atoms with Crippen LogP contribution < -0.4 is 5.73 Å². The standard InChI is InChI=1S/C13H26N2O3S/c1-11(2)12(5-6-14)3-4-13(16)15-7-9-19(17,18)10-8-15/h11-12H,3-10,14H2,1-2H3. The second kappa shape index (κ2) is 7.24. The number of hydrogen-bond acceptors (Lipinski definition) is 4. The third-order valence-corrected chi connectivity index (χ3v) is 5.52. The second-order valence-electron chi connectivity index (χ2n) is 5.65. The minimum Gasteiger partial charge on any atom is -0.341 e. The SMILES string of the molecule is CC(C)C(CCN)CCC(=O)N1CCS(=O)(=O)CC1. The zero-order valence-electron chi connectivity index (χ0n) is 12.0. The van der Waals surface area contributed by atoms with E-state index in [9.17, 15) is 13.2 Å². The lowest BCUT2D eigenvalue weighted by atomic mass is 9.88. The molecule has 1 amide bonds. The number of amides is 1. The van der Waals surface area contributed by atoms with Gasteiger partial charge in [-0.05, 0) is 31.2 Å². The van der Waals surface area contributed by atoms with Crippen molar-refractivity contribution in [2.75, 3.05) is 31.1 Å². The van der Waals surface area contributed by atoms with Gasteiger partial charge >= 0.3 is 0 Å². The van der Waals surface area contributed by atoms with Crippen LogP contribution in [-0.4, -0.2) is 50.4 Å². The van der Waals surface area contributed by atoms with Gasteiger partial charge in [0.25, 0.3) is 0 Å². The molecule has 0 saturated carbocycles. The molecule has 0 bridgehead atoms. The smallest absolute Gasteiger partial charge is 0.222 e. The van der Waals surface area contributed by atoms with E-state index in [4.69, 9.17) is 5.73 Å². The molecule has 0 aliphatic carbocycles. The van der Waals surface area contributed by atoms with E-state index in [0.717, 1.165) is 12.8 Å². The van der Waals surface area contributed by atoms with Crippen molar-refractivity contribution in [1.29, 1.82) is 0 Å². The lowest BCUT2D eigenvalue weighted by molar-refractivity contribution is -0.131. The monoisotopic (exact) mass is 290 g/mol. The fraction of sp³-hybridized carbons (Fsp3) is 0.923. The van der Waals surface area contributed by atoms with Crippen LogP contribution in [0.5, 0.6) is 0 Å². The third kappa shape index (κ3) is 5.48. The summed E-state index contributed by atoms with van der Waals surface area (Å²) in [6, 6.07) is 0. The Hall–Kier alpha value is -0.620. The van der Waals surface area contributed by atoms with Gasteiger partial charge in [-0.25, -0.2) is 8.42 Å². The summed E-state index contributed by atoms with van der Waals surface area (Å²) in [6.45, 7) is 5.66. The van der Waals surface area contributed by atoms with Crippen LogP contribution in [0.1, 0.15) is 33.1 Å². The maximum Gasteiger partial charge on any atom is 0.222 e. The highest BCUT2D eigenvalue weighted by Gasteiger charge is 2.25. The van der Waals surface area contributed by atoms with Crippen molar-refractivity contribution in [3.63, 3.8) is 0 Å². The Kier molecular flexibility index (Phi) is 6.26. The minimum atomic E-state index is -2.91. The average molecular weight is 290 g/mol. The van der Waals surface area contributed by atoms with Gasteiger partial charge in [-0.15, -0.1) is 0 Å². The molecule has 1 fully saturated rings. The molecule has 1 rings (SSSR count). The lowest BCUT2D eigenvalue weighted by Gasteiger charge is -2.28. The minimum absolute atomic E-state index is 0.0811. The molecule has 2 N–H and O–H groups in total. The Bertz CT molecular complexity index is 379. The summed E-state index contributed by atoms with van der Waals surface area (Å²) in [4.78, 5) is 13.7. The predicted molar refractivity (Wildman–Crippen MR) is 76.5 cm³/mol. The summed E-state index contributed by atoms with van der Waals surface area (Å²) in [5.74, 6) is 1.29. The van der Waals surface area contributed by atoms with Gasteiger partial charge < -0.3 is 10.6 Å². The first-order valence-electron chi connectivity index (χ1n) is 7.04. The van der Waals surface area contributed by atoms with Crippen LogP contribution in [-0.2, 0) is 14.6 Å². The van der Waals surface area contributed by atoms with E-state index in [1.54, 1.807) is 4.90 Å². The summed E-state index contributed by atoms with van der Waals surface area (Å²) in [7, 11) is -2.91. The van der Waals surface area contributed by atoms with Gasteiger partial charge in [-0.3, -0.25) is 4.79 Å². The maximum absolute atomic E-state index is 12.0. The molecule has 0 aromatic rings. The highest BCUT2D eigenvalue weighted by Crippen LogP contribution is 2.21. The summed E-state index contributed by atoms with van der Waals surface area (Å²) in [5.41, 5.74) is 5.58. The number of rotatable bonds is 6. The Morgan fingerprint density at radius 2 is 1.79 bits per heavy atom. The fourth-order valence-corrected chi connectivity index (χ4v) is 3.66. The van der Waals surface area contributed by atoms with Crippen molar-refractivity contribution in [3.8, 4) is 0 Å². The van der Waals surface area contributed by atoms with Gasteiger partial charge in [0.15, 0.2) is 9.84 Å². The van der Waals surface area contributed by atoms with Crippen molar-refractivity contribution >= 4 is 15.7 Å². The van der Waals surface area contributed by atoms with Crippen LogP contribution >= 0.6 is 0 Å². The van der Waals surface area contributed by atoms with Crippen LogP contribution in [0.4, 0.5) is 0 Å². The number of nitrogens with two attached hydrogens (primary N) is 1. The molecular formula is C13H26N2O3S. The van der Waals surface area contributed by atoms with Gasteiger partial charge in [0, 0.05) is 19.5 Å². The number of nitrogens with zero attached hydrogens (tertiary/aromatic N) is 1. The molecule has 6 heteroatoms. The molecule has 19 heavy (non-hydrogen) atoms. The Balaban J connectivity index is 2.39. The first-order chi connectivity index (χ1) is 8.85. The van der Waals surface area contributed by atoms with Crippen molar-refractivity contribution in [2.24, 2.45) is 17.6 Å². The first kappa shape index (κ1) is 16.4. The number of carbonyl (C=O) groups is 1. The number of hydrogen-bond donors (Lipinski definition) is 1. The molecule has 0 aromatic heterocycles. The normalized spacial score (nSPS) is 20.5. The van der Waals surface area contributed by atoms with E-state index in [1.165, 1.54) is 0 Å². The quantitative estimate of drug-likeness (QED) is 0.778. The van der Waals surface area contributed by atoms with E-state index >= 15 is 0 Å². The average Bonchev–Trinajstić information content (AvgIpc) is 2.33. The first-order valence-corrected chi connectivity index (χ1v) is 8.86. The molecule has 1 saturated heterocycles. The molecule has 1 aliphatic rings. The topological polar surface area (TPSA) is 80.5 Å². The van der Waals surface area contributed by atoms with E-state index in [2.05, 4.69) is 13.8 Å². The third-order valence-electron chi connectivity index (χ3n) is 3.91. The largest absolute Gasteiger partial charge is 0.341 e. The van der Waals surface area contributed by atoms with Gasteiger partial charge in [0.1, 0.15) is 0 Å². The Morgan fingerprint density at radius 1 is 1.21 bits per heavy atom. The summed E-state index contributed by atoms with van der Waals surface area (Å²) in [5, 5.41) is 0. The Labute approximate surface area is 116 Å². The van der Waals surface area contributed by atoms with E-state index in [0.29, 0.717) is 37.9 Å². The van der Waals surface area contributed by atoms with Crippen LogP contribution in [0.2, 0.25) is 0 Å². The molecule has 1 heterocycles.